The summed E-state index contributed by atoms with van der Waals surface area (Å²) in [4.78, 5) is 14.5. The predicted molar refractivity (Wildman–Crippen MR) is 81.8 cm³/mol. The van der Waals surface area contributed by atoms with Crippen molar-refractivity contribution in [1.29, 1.82) is 0 Å². The second-order valence-corrected chi connectivity index (χ2v) is 5.78. The van der Waals surface area contributed by atoms with Crippen molar-refractivity contribution in [3.05, 3.63) is 33.8 Å². The molecule has 1 aromatic rings. The molecule has 0 aliphatic heterocycles. The summed E-state index contributed by atoms with van der Waals surface area (Å²) in [6.07, 6.45) is 0. The number of hydrogen-bond acceptors (Lipinski definition) is 2. The molecule has 0 aromatic heterocycles. The maximum atomic E-state index is 12.5. The Morgan fingerprint density at radius 2 is 2.11 bits per heavy atom. The first-order valence-electron chi connectivity index (χ1n) is 5.69. The van der Waals surface area contributed by atoms with Crippen LogP contribution >= 0.6 is 28.1 Å². The minimum Gasteiger partial charge on any atom is -0.392 e. The van der Waals surface area contributed by atoms with Crippen molar-refractivity contribution in [1.82, 2.24) is 4.90 Å². The van der Waals surface area contributed by atoms with Gasteiger partial charge in [0.25, 0.3) is 5.91 Å². The summed E-state index contributed by atoms with van der Waals surface area (Å²) >= 11 is 8.32. The molecule has 18 heavy (non-hydrogen) atoms. The Bertz CT molecular complexity index is 474. The molecule has 0 aliphatic carbocycles. The van der Waals surface area contributed by atoms with E-state index in [1.807, 2.05) is 39.0 Å². The Hall–Kier alpha value is -0.940. The van der Waals surface area contributed by atoms with Gasteiger partial charge in [0.2, 0.25) is 0 Å². The third-order valence-corrected chi connectivity index (χ3v) is 3.70. The van der Waals surface area contributed by atoms with Crippen LogP contribution in [0.4, 0.5) is 0 Å². The van der Waals surface area contributed by atoms with E-state index in [1.165, 1.54) is 0 Å². The van der Waals surface area contributed by atoms with E-state index in [2.05, 4.69) is 15.9 Å². The standard InChI is InChI=1S/C13H17BrN2OS/c1-8(2)16(7-12(15)18)13(17)10-5-4-6-11(14)9(10)3/h4-6,8H,7H2,1-3H3,(H2,15,18). The summed E-state index contributed by atoms with van der Waals surface area (Å²) in [7, 11) is 0. The maximum absolute atomic E-state index is 12.5. The molecule has 0 heterocycles. The zero-order valence-electron chi connectivity index (χ0n) is 10.7. The Kier molecular flexibility index (Phi) is 5.28. The Morgan fingerprint density at radius 1 is 1.50 bits per heavy atom. The van der Waals surface area contributed by atoms with Gasteiger partial charge in [-0.25, -0.2) is 0 Å². The fourth-order valence-electron chi connectivity index (χ4n) is 1.65. The Labute approximate surface area is 121 Å². The highest BCUT2D eigenvalue weighted by atomic mass is 79.9. The second-order valence-electron chi connectivity index (χ2n) is 4.41. The van der Waals surface area contributed by atoms with Crippen LogP contribution in [0.15, 0.2) is 22.7 Å². The first-order chi connectivity index (χ1) is 8.34. The van der Waals surface area contributed by atoms with Crippen molar-refractivity contribution >= 4 is 39.0 Å². The molecule has 0 spiro atoms. The summed E-state index contributed by atoms with van der Waals surface area (Å²) < 4.78 is 0.924. The van der Waals surface area contributed by atoms with Gasteiger partial charge in [-0.1, -0.05) is 34.2 Å². The third kappa shape index (κ3) is 3.53. The average molecular weight is 329 g/mol. The Balaban J connectivity index is 3.10. The molecule has 0 saturated heterocycles. The molecule has 0 unspecified atom stereocenters. The van der Waals surface area contributed by atoms with Crippen molar-refractivity contribution in [2.24, 2.45) is 5.73 Å². The molecule has 5 heteroatoms. The van der Waals surface area contributed by atoms with Crippen LogP contribution in [0.3, 0.4) is 0 Å². The van der Waals surface area contributed by atoms with Crippen LogP contribution in [-0.4, -0.2) is 28.4 Å². The number of thiocarbonyl (C=S) groups is 1. The molecule has 0 saturated carbocycles. The normalized spacial score (nSPS) is 10.5. The van der Waals surface area contributed by atoms with Gasteiger partial charge < -0.3 is 10.6 Å². The number of amides is 1. The maximum Gasteiger partial charge on any atom is 0.254 e. The highest BCUT2D eigenvalue weighted by molar-refractivity contribution is 9.10. The molecule has 0 aliphatic rings. The number of nitrogens with two attached hydrogens (primary N) is 1. The Morgan fingerprint density at radius 3 is 2.61 bits per heavy atom. The quantitative estimate of drug-likeness (QED) is 0.864. The SMILES string of the molecule is Cc1c(Br)cccc1C(=O)N(CC(N)=S)C(C)C. The lowest BCUT2D eigenvalue weighted by molar-refractivity contribution is 0.0735. The molecule has 98 valence electrons. The van der Waals surface area contributed by atoms with Crippen LogP contribution in [-0.2, 0) is 0 Å². The average Bonchev–Trinajstić information content (AvgIpc) is 2.28. The van der Waals surface area contributed by atoms with Crippen LogP contribution in [0, 0.1) is 6.92 Å². The van der Waals surface area contributed by atoms with Crippen molar-refractivity contribution in [2.45, 2.75) is 26.8 Å². The van der Waals surface area contributed by atoms with Gasteiger partial charge in [0.15, 0.2) is 0 Å². The van der Waals surface area contributed by atoms with Crippen LogP contribution in [0.25, 0.3) is 0 Å². The topological polar surface area (TPSA) is 46.3 Å². The summed E-state index contributed by atoms with van der Waals surface area (Å²) in [6.45, 7) is 6.11. The van der Waals surface area contributed by atoms with Gasteiger partial charge in [0, 0.05) is 16.1 Å². The summed E-state index contributed by atoms with van der Waals surface area (Å²) in [5, 5.41) is 0. The van der Waals surface area contributed by atoms with Crippen molar-refractivity contribution in [3.63, 3.8) is 0 Å². The zero-order valence-corrected chi connectivity index (χ0v) is 13.1. The van der Waals surface area contributed by atoms with Gasteiger partial charge in [-0.15, -0.1) is 0 Å². The van der Waals surface area contributed by atoms with Gasteiger partial charge in [0.05, 0.1) is 11.5 Å². The molecular weight excluding hydrogens is 312 g/mol. The molecule has 1 aromatic carbocycles. The largest absolute Gasteiger partial charge is 0.392 e. The van der Waals surface area contributed by atoms with E-state index >= 15 is 0 Å². The fraction of sp³-hybridized carbons (Fsp3) is 0.385. The van der Waals surface area contributed by atoms with Crippen LogP contribution in [0.5, 0.6) is 0 Å². The minimum absolute atomic E-state index is 0.0448. The molecule has 0 bridgehead atoms. The van der Waals surface area contributed by atoms with E-state index in [1.54, 1.807) is 4.90 Å². The van der Waals surface area contributed by atoms with Crippen LogP contribution in [0.2, 0.25) is 0 Å². The molecule has 0 atom stereocenters. The van der Waals surface area contributed by atoms with Crippen LogP contribution in [0.1, 0.15) is 29.8 Å². The van der Waals surface area contributed by atoms with Crippen molar-refractivity contribution < 1.29 is 4.79 Å². The minimum atomic E-state index is -0.0448. The van der Waals surface area contributed by atoms with Gasteiger partial charge >= 0.3 is 0 Å². The van der Waals surface area contributed by atoms with E-state index in [9.17, 15) is 4.79 Å². The molecular formula is C13H17BrN2OS. The molecule has 0 radical (unpaired) electrons. The number of halogens is 1. The van der Waals surface area contributed by atoms with Crippen LogP contribution < -0.4 is 5.73 Å². The van der Waals surface area contributed by atoms with E-state index in [4.69, 9.17) is 18.0 Å². The van der Waals surface area contributed by atoms with Gasteiger partial charge in [-0.3, -0.25) is 4.79 Å². The lowest BCUT2D eigenvalue weighted by atomic mass is 10.1. The number of carbonyl (C=O) groups is 1. The lowest BCUT2D eigenvalue weighted by Gasteiger charge is -2.27. The molecule has 0 fully saturated rings. The van der Waals surface area contributed by atoms with Gasteiger partial charge in [-0.05, 0) is 38.5 Å². The molecule has 1 amide bonds. The highest BCUT2D eigenvalue weighted by Crippen LogP contribution is 2.21. The predicted octanol–water partition coefficient (Wildman–Crippen LogP) is 2.89. The van der Waals surface area contributed by atoms with Crippen molar-refractivity contribution in [3.8, 4) is 0 Å². The summed E-state index contributed by atoms with van der Waals surface area (Å²) in [5.74, 6) is -0.0448. The van der Waals surface area contributed by atoms with Gasteiger partial charge in [0.1, 0.15) is 0 Å². The molecule has 2 N–H and O–H groups in total. The van der Waals surface area contributed by atoms with E-state index in [0.29, 0.717) is 17.1 Å². The monoisotopic (exact) mass is 328 g/mol. The number of hydrogen-bond donors (Lipinski definition) is 1. The second kappa shape index (κ2) is 6.29. The fourth-order valence-corrected chi connectivity index (χ4v) is 2.16. The number of nitrogens with zero attached hydrogens (tertiary/aromatic N) is 1. The molecule has 1 rings (SSSR count). The third-order valence-electron chi connectivity index (χ3n) is 2.71. The number of benzene rings is 1. The molecule has 3 nitrogen and oxygen atoms in total. The van der Waals surface area contributed by atoms with E-state index in [0.717, 1.165) is 10.0 Å². The number of carbonyl (C=O) groups excluding carboxylic acids is 1. The zero-order chi connectivity index (χ0) is 13.9. The highest BCUT2D eigenvalue weighted by Gasteiger charge is 2.21. The van der Waals surface area contributed by atoms with E-state index in [-0.39, 0.29) is 11.9 Å². The van der Waals surface area contributed by atoms with Crippen molar-refractivity contribution in [2.75, 3.05) is 6.54 Å². The van der Waals surface area contributed by atoms with E-state index < -0.39 is 0 Å². The smallest absolute Gasteiger partial charge is 0.254 e. The summed E-state index contributed by atoms with van der Waals surface area (Å²) in [5.41, 5.74) is 7.15. The van der Waals surface area contributed by atoms with Gasteiger partial charge in [-0.2, -0.15) is 0 Å². The summed E-state index contributed by atoms with van der Waals surface area (Å²) in [6, 6.07) is 5.64. The number of rotatable bonds is 4. The first-order valence-corrected chi connectivity index (χ1v) is 6.89. The lowest BCUT2D eigenvalue weighted by Crippen LogP contribution is -2.42. The first kappa shape index (κ1) is 15.1.